The Kier molecular flexibility index (Phi) is 6.56. The minimum atomic E-state index is -4.11. The van der Waals surface area contributed by atoms with E-state index in [1.807, 2.05) is 32.0 Å². The highest BCUT2D eigenvalue weighted by Crippen LogP contribution is 2.27. The number of hydrogen-bond acceptors (Lipinski definition) is 4. The van der Waals surface area contributed by atoms with Crippen molar-refractivity contribution in [3.8, 4) is 5.75 Å². The zero-order chi connectivity index (χ0) is 20.2. The second-order valence-corrected chi connectivity index (χ2v) is 8.08. The van der Waals surface area contributed by atoms with Crippen LogP contribution < -0.4 is 10.1 Å². The van der Waals surface area contributed by atoms with E-state index in [2.05, 4.69) is 5.32 Å². The van der Waals surface area contributed by atoms with Crippen molar-refractivity contribution in [1.29, 1.82) is 0 Å². The topological polar surface area (TPSA) is 75.7 Å². The van der Waals surface area contributed by atoms with E-state index in [9.17, 15) is 17.6 Å². The molecule has 2 aromatic rings. The Morgan fingerprint density at radius 2 is 1.96 bits per heavy atom. The average Bonchev–Trinajstić information content (AvgIpc) is 2.63. The van der Waals surface area contributed by atoms with Crippen molar-refractivity contribution in [3.63, 3.8) is 0 Å². The lowest BCUT2D eigenvalue weighted by atomic mass is 10.1. The number of carbonyl (C=O) groups is 1. The summed E-state index contributed by atoms with van der Waals surface area (Å²) in [5.74, 6) is -1.18. The number of para-hydroxylation sites is 1. The molecule has 0 radical (unpaired) electrons. The van der Waals surface area contributed by atoms with Crippen LogP contribution in [0.5, 0.6) is 5.75 Å². The lowest BCUT2D eigenvalue weighted by Crippen LogP contribution is -2.35. The van der Waals surface area contributed by atoms with Crippen molar-refractivity contribution >= 4 is 21.6 Å². The molecule has 6 nitrogen and oxygen atoms in total. The minimum Gasteiger partial charge on any atom is -0.495 e. The van der Waals surface area contributed by atoms with Crippen LogP contribution in [0, 0.1) is 12.7 Å². The highest BCUT2D eigenvalue weighted by atomic mass is 32.2. The fraction of sp³-hybridized carbons (Fsp3) is 0.316. The number of sulfonamides is 1. The zero-order valence-electron chi connectivity index (χ0n) is 15.7. The molecule has 0 aliphatic rings. The normalized spacial score (nSPS) is 11.5. The molecule has 0 saturated heterocycles. The smallest absolute Gasteiger partial charge is 0.247 e. The van der Waals surface area contributed by atoms with E-state index in [-0.39, 0.29) is 10.6 Å². The number of benzene rings is 2. The van der Waals surface area contributed by atoms with Crippen LogP contribution in [0.15, 0.2) is 41.3 Å². The van der Waals surface area contributed by atoms with Gasteiger partial charge in [-0.1, -0.05) is 25.1 Å². The van der Waals surface area contributed by atoms with Crippen LogP contribution in [0.2, 0.25) is 0 Å². The first-order valence-corrected chi connectivity index (χ1v) is 9.83. The SMILES string of the molecule is CCc1cccc(C)c1NC(=O)CN(C)S(=O)(=O)c1cc(F)ccc1OC. The van der Waals surface area contributed by atoms with Crippen molar-refractivity contribution < 1.29 is 22.3 Å². The van der Waals surface area contributed by atoms with Gasteiger partial charge in [-0.3, -0.25) is 4.79 Å². The zero-order valence-corrected chi connectivity index (χ0v) is 16.6. The van der Waals surface area contributed by atoms with Crippen LogP contribution >= 0.6 is 0 Å². The maximum absolute atomic E-state index is 13.5. The molecule has 0 fully saturated rings. The molecule has 0 aromatic heterocycles. The number of rotatable bonds is 7. The first-order chi connectivity index (χ1) is 12.7. The minimum absolute atomic E-state index is 0.0100. The van der Waals surface area contributed by atoms with Gasteiger partial charge in [0.05, 0.1) is 13.7 Å². The number of nitrogens with zero attached hydrogens (tertiary/aromatic N) is 1. The van der Waals surface area contributed by atoms with E-state index >= 15 is 0 Å². The third kappa shape index (κ3) is 4.64. The molecule has 8 heteroatoms. The Hall–Kier alpha value is -2.45. The molecule has 0 aliphatic carbocycles. The molecule has 1 N–H and O–H groups in total. The predicted octanol–water partition coefficient (Wildman–Crippen LogP) is 2.96. The highest BCUT2D eigenvalue weighted by Gasteiger charge is 2.27. The van der Waals surface area contributed by atoms with E-state index < -0.39 is 28.3 Å². The van der Waals surface area contributed by atoms with E-state index in [0.29, 0.717) is 5.69 Å². The molecule has 0 atom stereocenters. The summed E-state index contributed by atoms with van der Waals surface area (Å²) in [6.07, 6.45) is 0.728. The molecule has 146 valence electrons. The van der Waals surface area contributed by atoms with Crippen LogP contribution in [-0.4, -0.2) is 39.3 Å². The fourth-order valence-electron chi connectivity index (χ4n) is 2.69. The number of ether oxygens (including phenoxy) is 1. The average molecular weight is 394 g/mol. The summed E-state index contributed by atoms with van der Waals surface area (Å²) in [6, 6.07) is 8.88. The summed E-state index contributed by atoms with van der Waals surface area (Å²) in [4.78, 5) is 12.1. The fourth-order valence-corrected chi connectivity index (χ4v) is 3.98. The maximum atomic E-state index is 13.5. The lowest BCUT2D eigenvalue weighted by Gasteiger charge is -2.19. The van der Waals surface area contributed by atoms with E-state index in [1.54, 1.807) is 0 Å². The molecule has 0 unspecified atom stereocenters. The van der Waals surface area contributed by atoms with Gasteiger partial charge in [0.25, 0.3) is 0 Å². The lowest BCUT2D eigenvalue weighted by molar-refractivity contribution is -0.116. The Labute approximate surface area is 159 Å². The van der Waals surface area contributed by atoms with Crippen molar-refractivity contribution in [2.75, 3.05) is 26.0 Å². The maximum Gasteiger partial charge on any atom is 0.247 e. The number of likely N-dealkylation sites (N-methyl/N-ethyl adjacent to an activating group) is 1. The monoisotopic (exact) mass is 394 g/mol. The van der Waals surface area contributed by atoms with Crippen LogP contribution in [0.4, 0.5) is 10.1 Å². The van der Waals surface area contributed by atoms with E-state index in [4.69, 9.17) is 4.74 Å². The van der Waals surface area contributed by atoms with Crippen LogP contribution in [0.25, 0.3) is 0 Å². The van der Waals surface area contributed by atoms with Gasteiger partial charge in [-0.25, -0.2) is 12.8 Å². The third-order valence-electron chi connectivity index (χ3n) is 4.18. The molecule has 0 spiro atoms. The highest BCUT2D eigenvalue weighted by molar-refractivity contribution is 7.89. The van der Waals surface area contributed by atoms with Crippen molar-refractivity contribution in [2.45, 2.75) is 25.2 Å². The molecule has 1 amide bonds. The van der Waals surface area contributed by atoms with Crippen LogP contribution in [0.1, 0.15) is 18.1 Å². The Bertz CT molecular complexity index is 945. The molecular weight excluding hydrogens is 371 g/mol. The number of anilines is 1. The van der Waals surface area contributed by atoms with Crippen molar-refractivity contribution in [1.82, 2.24) is 4.31 Å². The summed E-state index contributed by atoms with van der Waals surface area (Å²) in [6.45, 7) is 3.42. The summed E-state index contributed by atoms with van der Waals surface area (Å²) < 4.78 is 44.9. The van der Waals surface area contributed by atoms with Gasteiger partial charge in [-0.15, -0.1) is 0 Å². The Balaban J connectivity index is 2.23. The molecule has 0 aliphatic heterocycles. The second kappa shape index (κ2) is 8.49. The van der Waals surface area contributed by atoms with Gasteiger partial charge >= 0.3 is 0 Å². The molecule has 0 saturated carbocycles. The number of carbonyl (C=O) groups excluding carboxylic acids is 1. The van der Waals surface area contributed by atoms with Crippen molar-refractivity contribution in [2.24, 2.45) is 0 Å². The first kappa shape index (κ1) is 20.9. The summed E-state index contributed by atoms with van der Waals surface area (Å²) in [5.41, 5.74) is 2.53. The van der Waals surface area contributed by atoms with Gasteiger partial charge in [-0.05, 0) is 42.7 Å². The van der Waals surface area contributed by atoms with Gasteiger partial charge in [-0.2, -0.15) is 4.31 Å². The predicted molar refractivity (Wildman–Crippen MR) is 102 cm³/mol. The van der Waals surface area contributed by atoms with Crippen molar-refractivity contribution in [3.05, 3.63) is 53.3 Å². The van der Waals surface area contributed by atoms with Crippen LogP contribution in [0.3, 0.4) is 0 Å². The van der Waals surface area contributed by atoms with Gasteiger partial charge in [0, 0.05) is 12.7 Å². The molecule has 0 heterocycles. The molecular formula is C19H23FN2O4S. The Morgan fingerprint density at radius 3 is 2.59 bits per heavy atom. The molecule has 2 aromatic carbocycles. The number of amides is 1. The van der Waals surface area contributed by atoms with Gasteiger partial charge < -0.3 is 10.1 Å². The standard InChI is InChI=1S/C19H23FN2O4S/c1-5-14-8-6-7-13(2)19(14)21-18(23)12-22(3)27(24,25)17-11-15(20)9-10-16(17)26-4/h6-11H,5,12H2,1-4H3,(H,21,23). The number of aryl methyl sites for hydroxylation is 2. The quantitative estimate of drug-likeness (QED) is 0.783. The summed E-state index contributed by atoms with van der Waals surface area (Å²) >= 11 is 0. The van der Waals surface area contributed by atoms with E-state index in [0.717, 1.165) is 34.0 Å². The van der Waals surface area contributed by atoms with Gasteiger partial charge in [0.2, 0.25) is 15.9 Å². The number of halogens is 1. The number of nitrogens with one attached hydrogen (secondary N) is 1. The second-order valence-electron chi connectivity index (χ2n) is 6.07. The van der Waals surface area contributed by atoms with Gasteiger partial charge in [0.1, 0.15) is 16.5 Å². The number of methoxy groups -OCH3 is 1. The molecule has 2 rings (SSSR count). The summed E-state index contributed by atoms with van der Waals surface area (Å²) in [5, 5.41) is 2.77. The number of hydrogen-bond donors (Lipinski definition) is 1. The van der Waals surface area contributed by atoms with Crippen LogP contribution in [-0.2, 0) is 21.2 Å². The molecule has 27 heavy (non-hydrogen) atoms. The van der Waals surface area contributed by atoms with E-state index in [1.165, 1.54) is 20.2 Å². The largest absolute Gasteiger partial charge is 0.495 e. The van der Waals surface area contributed by atoms with Gasteiger partial charge in [0.15, 0.2) is 0 Å². The first-order valence-electron chi connectivity index (χ1n) is 8.39. The molecule has 0 bridgehead atoms. The summed E-state index contributed by atoms with van der Waals surface area (Å²) in [7, 11) is -1.55. The Morgan fingerprint density at radius 1 is 1.26 bits per heavy atom. The third-order valence-corrected chi connectivity index (χ3v) is 6.01.